The van der Waals surface area contributed by atoms with Gasteiger partial charge in [-0.25, -0.2) is 9.97 Å². The van der Waals surface area contributed by atoms with Crippen molar-refractivity contribution in [2.75, 3.05) is 19.8 Å². The molecule has 1 aromatic heterocycles. The summed E-state index contributed by atoms with van der Waals surface area (Å²) in [6, 6.07) is 0. The Morgan fingerprint density at radius 3 is 2.83 bits per heavy atom. The molecule has 1 aromatic rings. The maximum Gasteiger partial charge on any atom is 0.146 e. The lowest BCUT2D eigenvalue weighted by atomic mass is 10.4. The van der Waals surface area contributed by atoms with Crippen LogP contribution in [0.3, 0.4) is 0 Å². The van der Waals surface area contributed by atoms with Gasteiger partial charge in [0, 0.05) is 6.54 Å². The van der Waals surface area contributed by atoms with Gasteiger partial charge in [0.05, 0.1) is 11.9 Å². The summed E-state index contributed by atoms with van der Waals surface area (Å²) in [4.78, 5) is 10.2. The standard InChI is InChI=1S/C7H11BrN4/c1-12(2)4-5-7(9)10-3-6(8)11-5/h3H,4H2,1-2H3,(H2,9,10). The first-order valence-electron chi connectivity index (χ1n) is 3.51. The number of hydrogen-bond acceptors (Lipinski definition) is 4. The number of rotatable bonds is 2. The van der Waals surface area contributed by atoms with E-state index in [2.05, 4.69) is 25.9 Å². The zero-order chi connectivity index (χ0) is 9.14. The highest BCUT2D eigenvalue weighted by atomic mass is 79.9. The first-order valence-corrected chi connectivity index (χ1v) is 4.30. The number of halogens is 1. The Morgan fingerprint density at radius 1 is 1.58 bits per heavy atom. The molecule has 0 bridgehead atoms. The molecule has 0 aliphatic rings. The topological polar surface area (TPSA) is 55.0 Å². The van der Waals surface area contributed by atoms with Crippen molar-refractivity contribution in [3.05, 3.63) is 16.5 Å². The van der Waals surface area contributed by atoms with Gasteiger partial charge in [0.2, 0.25) is 0 Å². The number of aromatic nitrogens is 2. The molecule has 0 fully saturated rings. The van der Waals surface area contributed by atoms with Crippen molar-refractivity contribution in [2.24, 2.45) is 0 Å². The van der Waals surface area contributed by atoms with Crippen LogP contribution in [0.4, 0.5) is 5.82 Å². The third-order valence-electron chi connectivity index (χ3n) is 1.31. The zero-order valence-corrected chi connectivity index (χ0v) is 8.67. The summed E-state index contributed by atoms with van der Waals surface area (Å²) in [7, 11) is 3.92. The number of nitrogens with zero attached hydrogens (tertiary/aromatic N) is 3. The van der Waals surface area contributed by atoms with Crippen LogP contribution in [0.25, 0.3) is 0 Å². The molecule has 5 heteroatoms. The summed E-state index contributed by atoms with van der Waals surface area (Å²) in [5.41, 5.74) is 6.42. The van der Waals surface area contributed by atoms with Crippen LogP contribution < -0.4 is 5.73 Å². The summed E-state index contributed by atoms with van der Waals surface area (Å²) in [5.74, 6) is 0.493. The molecule has 0 atom stereocenters. The van der Waals surface area contributed by atoms with E-state index in [1.165, 1.54) is 0 Å². The van der Waals surface area contributed by atoms with Crippen molar-refractivity contribution in [2.45, 2.75) is 6.54 Å². The van der Waals surface area contributed by atoms with Gasteiger partial charge >= 0.3 is 0 Å². The molecule has 0 saturated carbocycles. The number of nitrogen functional groups attached to an aromatic ring is 1. The minimum atomic E-state index is 0.493. The maximum atomic E-state index is 5.62. The Hall–Kier alpha value is -0.680. The van der Waals surface area contributed by atoms with Crippen molar-refractivity contribution < 1.29 is 0 Å². The van der Waals surface area contributed by atoms with E-state index in [0.717, 1.165) is 5.69 Å². The van der Waals surface area contributed by atoms with Crippen molar-refractivity contribution in [3.63, 3.8) is 0 Å². The van der Waals surface area contributed by atoms with Gasteiger partial charge < -0.3 is 10.6 Å². The average molecular weight is 231 g/mol. The number of anilines is 1. The Kier molecular flexibility index (Phi) is 2.99. The highest BCUT2D eigenvalue weighted by Gasteiger charge is 2.03. The molecule has 4 nitrogen and oxygen atoms in total. The van der Waals surface area contributed by atoms with Gasteiger partial charge in [-0.1, -0.05) is 0 Å². The molecule has 0 amide bonds. The fourth-order valence-corrected chi connectivity index (χ4v) is 1.14. The van der Waals surface area contributed by atoms with E-state index in [1.807, 2.05) is 19.0 Å². The van der Waals surface area contributed by atoms with Gasteiger partial charge in [-0.2, -0.15) is 0 Å². The first kappa shape index (κ1) is 9.41. The van der Waals surface area contributed by atoms with Crippen molar-refractivity contribution in [1.82, 2.24) is 14.9 Å². The molecule has 0 aliphatic heterocycles. The smallest absolute Gasteiger partial charge is 0.146 e. The van der Waals surface area contributed by atoms with Gasteiger partial charge in [-0.3, -0.25) is 0 Å². The molecule has 0 radical (unpaired) electrons. The summed E-state index contributed by atoms with van der Waals surface area (Å²) in [6.45, 7) is 0.707. The van der Waals surface area contributed by atoms with Crippen LogP contribution in [0.2, 0.25) is 0 Å². The first-order chi connectivity index (χ1) is 5.59. The van der Waals surface area contributed by atoms with E-state index in [1.54, 1.807) is 6.20 Å². The van der Waals surface area contributed by atoms with Crippen LogP contribution in [0.5, 0.6) is 0 Å². The molecule has 12 heavy (non-hydrogen) atoms. The summed E-state index contributed by atoms with van der Waals surface area (Å²) in [6.07, 6.45) is 1.59. The fraction of sp³-hybridized carbons (Fsp3) is 0.429. The quantitative estimate of drug-likeness (QED) is 0.820. The molecule has 1 heterocycles. The van der Waals surface area contributed by atoms with Crippen molar-refractivity contribution in [3.8, 4) is 0 Å². The van der Waals surface area contributed by atoms with Crippen LogP contribution in [-0.2, 0) is 6.54 Å². The maximum absolute atomic E-state index is 5.62. The zero-order valence-electron chi connectivity index (χ0n) is 7.08. The van der Waals surface area contributed by atoms with E-state index in [0.29, 0.717) is 17.0 Å². The second-order valence-corrected chi connectivity index (χ2v) is 3.57. The lowest BCUT2D eigenvalue weighted by molar-refractivity contribution is 0.397. The third kappa shape index (κ3) is 2.42. The summed E-state index contributed by atoms with van der Waals surface area (Å²) < 4.78 is 0.716. The Labute approximate surface area is 79.9 Å². The summed E-state index contributed by atoms with van der Waals surface area (Å²) >= 11 is 3.24. The monoisotopic (exact) mass is 230 g/mol. The second-order valence-electron chi connectivity index (χ2n) is 2.76. The van der Waals surface area contributed by atoms with E-state index in [9.17, 15) is 0 Å². The SMILES string of the molecule is CN(C)Cc1nc(Br)cnc1N. The molecule has 1 rings (SSSR count). The molecular weight excluding hydrogens is 220 g/mol. The molecule has 0 unspecified atom stereocenters. The third-order valence-corrected chi connectivity index (χ3v) is 1.70. The number of nitrogens with two attached hydrogens (primary N) is 1. The van der Waals surface area contributed by atoms with Crippen LogP contribution >= 0.6 is 15.9 Å². The Morgan fingerprint density at radius 2 is 2.25 bits per heavy atom. The van der Waals surface area contributed by atoms with Crippen LogP contribution in [0.15, 0.2) is 10.8 Å². The van der Waals surface area contributed by atoms with Gasteiger partial charge in [0.1, 0.15) is 10.4 Å². The predicted octanol–water partition coefficient (Wildman–Crippen LogP) is 0.883. The normalized spacial score (nSPS) is 10.7. The molecule has 66 valence electrons. The Balaban J connectivity index is 2.90. The molecule has 0 aromatic carbocycles. The highest BCUT2D eigenvalue weighted by Crippen LogP contribution is 2.11. The minimum Gasteiger partial charge on any atom is -0.382 e. The largest absolute Gasteiger partial charge is 0.382 e. The van der Waals surface area contributed by atoms with E-state index in [4.69, 9.17) is 5.73 Å². The molecule has 0 saturated heterocycles. The number of hydrogen-bond donors (Lipinski definition) is 1. The van der Waals surface area contributed by atoms with E-state index < -0.39 is 0 Å². The predicted molar refractivity (Wildman–Crippen MR) is 51.5 cm³/mol. The van der Waals surface area contributed by atoms with Crippen molar-refractivity contribution >= 4 is 21.7 Å². The average Bonchev–Trinajstić information content (AvgIpc) is 1.96. The van der Waals surface area contributed by atoms with Crippen molar-refractivity contribution in [1.29, 1.82) is 0 Å². The van der Waals surface area contributed by atoms with E-state index in [-0.39, 0.29) is 0 Å². The lowest BCUT2D eigenvalue weighted by Crippen LogP contribution is -2.14. The fourth-order valence-electron chi connectivity index (χ4n) is 0.828. The Bertz CT molecular complexity index is 274. The van der Waals surface area contributed by atoms with Gasteiger partial charge in [-0.15, -0.1) is 0 Å². The molecule has 0 spiro atoms. The highest BCUT2D eigenvalue weighted by molar-refractivity contribution is 9.10. The van der Waals surface area contributed by atoms with Crippen LogP contribution in [0, 0.1) is 0 Å². The molecule has 0 aliphatic carbocycles. The van der Waals surface area contributed by atoms with Crippen LogP contribution in [0.1, 0.15) is 5.69 Å². The minimum absolute atomic E-state index is 0.493. The molecular formula is C7H11BrN4. The van der Waals surface area contributed by atoms with Gasteiger partial charge in [-0.05, 0) is 30.0 Å². The second kappa shape index (κ2) is 3.82. The van der Waals surface area contributed by atoms with Gasteiger partial charge in [0.25, 0.3) is 0 Å². The van der Waals surface area contributed by atoms with Crippen LogP contribution in [-0.4, -0.2) is 29.0 Å². The van der Waals surface area contributed by atoms with Gasteiger partial charge in [0.15, 0.2) is 0 Å². The lowest BCUT2D eigenvalue weighted by Gasteiger charge is -2.09. The van der Waals surface area contributed by atoms with E-state index >= 15 is 0 Å². The molecule has 2 N–H and O–H groups in total. The summed E-state index contributed by atoms with van der Waals surface area (Å²) in [5, 5.41) is 0.